The Morgan fingerprint density at radius 1 is 1.00 bits per heavy atom. The van der Waals surface area contributed by atoms with Crippen LogP contribution in [0.25, 0.3) is 11.1 Å². The number of aryl methyl sites for hydroxylation is 2. The van der Waals surface area contributed by atoms with Gasteiger partial charge in [-0.1, -0.05) is 23.8 Å². The minimum atomic E-state index is 0.725. The molecule has 0 amide bonds. The van der Waals surface area contributed by atoms with Gasteiger partial charge in [0.05, 0.1) is 7.11 Å². The van der Waals surface area contributed by atoms with Gasteiger partial charge in [0, 0.05) is 5.56 Å². The van der Waals surface area contributed by atoms with Crippen LogP contribution < -0.4 is 4.74 Å². The molecule has 0 bridgehead atoms. The van der Waals surface area contributed by atoms with Crippen molar-refractivity contribution in [3.63, 3.8) is 0 Å². The largest absolute Gasteiger partial charge is 0.497 e. The second kappa shape index (κ2) is 5.05. The fourth-order valence-electron chi connectivity index (χ4n) is 2.09. The van der Waals surface area contributed by atoms with Crippen LogP contribution in [-0.4, -0.2) is 13.4 Å². The molecule has 0 unspecified atom stereocenters. The number of rotatable bonds is 3. The van der Waals surface area contributed by atoms with E-state index in [9.17, 15) is 4.79 Å². The summed E-state index contributed by atoms with van der Waals surface area (Å²) < 4.78 is 5.19. The Bertz CT molecular complexity index is 586. The molecule has 0 aliphatic rings. The molecule has 0 fully saturated rings. The van der Waals surface area contributed by atoms with Crippen molar-refractivity contribution in [3.05, 3.63) is 53.1 Å². The molecule has 2 aromatic rings. The van der Waals surface area contributed by atoms with Crippen molar-refractivity contribution in [3.8, 4) is 16.9 Å². The average molecular weight is 240 g/mol. The molecule has 0 saturated heterocycles. The van der Waals surface area contributed by atoms with Crippen LogP contribution in [0.15, 0.2) is 36.4 Å². The molecular formula is C16H16O2. The first-order valence-electron chi connectivity index (χ1n) is 5.86. The molecule has 0 atom stereocenters. The second-order valence-electron chi connectivity index (χ2n) is 4.39. The highest BCUT2D eigenvalue weighted by atomic mass is 16.5. The van der Waals surface area contributed by atoms with Crippen molar-refractivity contribution >= 4 is 6.29 Å². The predicted molar refractivity (Wildman–Crippen MR) is 73.3 cm³/mol. The molecule has 2 nitrogen and oxygen atoms in total. The third kappa shape index (κ3) is 2.28. The zero-order valence-electron chi connectivity index (χ0n) is 10.9. The Labute approximate surface area is 107 Å². The Kier molecular flexibility index (Phi) is 3.47. The first-order chi connectivity index (χ1) is 8.65. The summed E-state index contributed by atoms with van der Waals surface area (Å²) in [5.41, 5.74) is 4.95. The van der Waals surface area contributed by atoms with Crippen molar-refractivity contribution in [2.24, 2.45) is 0 Å². The van der Waals surface area contributed by atoms with Gasteiger partial charge in [-0.05, 0) is 48.7 Å². The van der Waals surface area contributed by atoms with Gasteiger partial charge in [-0.3, -0.25) is 4.79 Å². The lowest BCUT2D eigenvalue weighted by Gasteiger charge is -2.11. The van der Waals surface area contributed by atoms with Gasteiger partial charge < -0.3 is 4.74 Å². The van der Waals surface area contributed by atoms with Crippen LogP contribution in [0, 0.1) is 13.8 Å². The van der Waals surface area contributed by atoms with Gasteiger partial charge in [0.15, 0.2) is 6.29 Å². The third-order valence-corrected chi connectivity index (χ3v) is 3.06. The van der Waals surface area contributed by atoms with E-state index in [0.717, 1.165) is 39.9 Å². The molecule has 2 rings (SSSR count). The molecule has 0 aliphatic heterocycles. The number of ether oxygens (including phenoxy) is 1. The molecule has 0 N–H and O–H groups in total. The maximum Gasteiger partial charge on any atom is 0.150 e. The van der Waals surface area contributed by atoms with Gasteiger partial charge in [-0.15, -0.1) is 0 Å². The zero-order chi connectivity index (χ0) is 13.1. The highest BCUT2D eigenvalue weighted by Gasteiger charge is 2.08. The third-order valence-electron chi connectivity index (χ3n) is 3.06. The molecule has 0 radical (unpaired) electrons. The minimum absolute atomic E-state index is 0.725. The summed E-state index contributed by atoms with van der Waals surface area (Å²) in [5, 5.41) is 0. The first-order valence-corrected chi connectivity index (χ1v) is 5.86. The fraction of sp³-hybridized carbons (Fsp3) is 0.188. The van der Waals surface area contributed by atoms with Gasteiger partial charge in [0.1, 0.15) is 5.75 Å². The number of methoxy groups -OCH3 is 1. The van der Waals surface area contributed by atoms with E-state index in [-0.39, 0.29) is 0 Å². The SMILES string of the molecule is COc1ccc(-c2ccc(C)cc2C=O)c(C)c1. The maximum absolute atomic E-state index is 11.2. The van der Waals surface area contributed by atoms with E-state index in [1.165, 1.54) is 0 Å². The van der Waals surface area contributed by atoms with E-state index in [4.69, 9.17) is 4.74 Å². The summed E-state index contributed by atoms with van der Waals surface area (Å²) in [4.78, 5) is 11.2. The van der Waals surface area contributed by atoms with Crippen molar-refractivity contribution in [2.75, 3.05) is 7.11 Å². The van der Waals surface area contributed by atoms with Crippen LogP contribution in [0.1, 0.15) is 21.5 Å². The fourth-order valence-corrected chi connectivity index (χ4v) is 2.09. The lowest BCUT2D eigenvalue weighted by Crippen LogP contribution is -1.92. The van der Waals surface area contributed by atoms with Gasteiger partial charge in [-0.2, -0.15) is 0 Å². The van der Waals surface area contributed by atoms with E-state index in [1.54, 1.807) is 7.11 Å². The summed E-state index contributed by atoms with van der Waals surface area (Å²) in [5.74, 6) is 0.830. The Morgan fingerprint density at radius 3 is 2.33 bits per heavy atom. The van der Waals surface area contributed by atoms with Crippen LogP contribution in [-0.2, 0) is 0 Å². The van der Waals surface area contributed by atoms with Crippen LogP contribution in [0.3, 0.4) is 0 Å². The van der Waals surface area contributed by atoms with Crippen molar-refractivity contribution in [2.45, 2.75) is 13.8 Å². The topological polar surface area (TPSA) is 26.3 Å². The van der Waals surface area contributed by atoms with Gasteiger partial charge in [-0.25, -0.2) is 0 Å². The molecular weight excluding hydrogens is 224 g/mol. The lowest BCUT2D eigenvalue weighted by atomic mass is 9.95. The number of carbonyl (C=O) groups excluding carboxylic acids is 1. The molecule has 0 aliphatic carbocycles. The summed E-state index contributed by atoms with van der Waals surface area (Å²) >= 11 is 0. The maximum atomic E-state index is 11.2. The smallest absolute Gasteiger partial charge is 0.150 e. The lowest BCUT2D eigenvalue weighted by molar-refractivity contribution is 0.112. The van der Waals surface area contributed by atoms with Crippen molar-refractivity contribution in [1.82, 2.24) is 0 Å². The molecule has 0 aromatic heterocycles. The number of benzene rings is 2. The van der Waals surface area contributed by atoms with E-state index in [1.807, 2.05) is 50.2 Å². The highest BCUT2D eigenvalue weighted by Crippen LogP contribution is 2.29. The summed E-state index contributed by atoms with van der Waals surface area (Å²) in [6, 6.07) is 11.8. The molecule has 0 saturated carbocycles. The monoisotopic (exact) mass is 240 g/mol. The molecule has 2 heteroatoms. The number of carbonyl (C=O) groups is 1. The molecule has 0 spiro atoms. The minimum Gasteiger partial charge on any atom is -0.497 e. The summed E-state index contributed by atoms with van der Waals surface area (Å²) in [6.45, 7) is 4.00. The second-order valence-corrected chi connectivity index (χ2v) is 4.39. The average Bonchev–Trinajstić information content (AvgIpc) is 2.39. The number of hydrogen-bond acceptors (Lipinski definition) is 2. The van der Waals surface area contributed by atoms with Gasteiger partial charge in [0.25, 0.3) is 0 Å². The Balaban J connectivity index is 2.58. The van der Waals surface area contributed by atoms with Crippen LogP contribution >= 0.6 is 0 Å². The number of hydrogen-bond donors (Lipinski definition) is 0. The number of aldehydes is 1. The summed E-state index contributed by atoms with van der Waals surface area (Å²) in [7, 11) is 1.65. The van der Waals surface area contributed by atoms with E-state index in [0.29, 0.717) is 0 Å². The van der Waals surface area contributed by atoms with Crippen LogP contribution in [0.5, 0.6) is 5.75 Å². The Hall–Kier alpha value is -2.09. The highest BCUT2D eigenvalue weighted by molar-refractivity contribution is 5.88. The normalized spacial score (nSPS) is 10.2. The van der Waals surface area contributed by atoms with Crippen LogP contribution in [0.2, 0.25) is 0 Å². The molecule has 18 heavy (non-hydrogen) atoms. The molecule has 92 valence electrons. The quantitative estimate of drug-likeness (QED) is 0.763. The summed E-state index contributed by atoms with van der Waals surface area (Å²) in [6.07, 6.45) is 0.909. The zero-order valence-corrected chi connectivity index (χ0v) is 10.9. The van der Waals surface area contributed by atoms with E-state index < -0.39 is 0 Å². The van der Waals surface area contributed by atoms with Crippen molar-refractivity contribution in [1.29, 1.82) is 0 Å². The molecule has 0 heterocycles. The van der Waals surface area contributed by atoms with Gasteiger partial charge in [0.2, 0.25) is 0 Å². The van der Waals surface area contributed by atoms with E-state index >= 15 is 0 Å². The van der Waals surface area contributed by atoms with E-state index in [2.05, 4.69) is 0 Å². The predicted octanol–water partition coefficient (Wildman–Crippen LogP) is 3.79. The van der Waals surface area contributed by atoms with Crippen molar-refractivity contribution < 1.29 is 9.53 Å². The Morgan fingerprint density at radius 2 is 1.72 bits per heavy atom. The first kappa shape index (κ1) is 12.4. The van der Waals surface area contributed by atoms with Gasteiger partial charge >= 0.3 is 0 Å². The molecule has 2 aromatic carbocycles. The standard InChI is InChI=1S/C16H16O2/c1-11-4-6-16(13(8-11)10-17)15-7-5-14(18-3)9-12(15)2/h4-10H,1-3H3. The van der Waals surface area contributed by atoms with Crippen LogP contribution in [0.4, 0.5) is 0 Å².